The lowest BCUT2D eigenvalue weighted by Crippen LogP contribution is -2.39. The molecule has 2 aromatic heterocycles. The molecular weight excluding hydrogens is 362 g/mol. The highest BCUT2D eigenvalue weighted by atomic mass is 32.2. The van der Waals surface area contributed by atoms with Crippen LogP contribution in [0.5, 0.6) is 0 Å². The van der Waals surface area contributed by atoms with E-state index in [0.717, 1.165) is 42.4 Å². The molecule has 1 aromatic carbocycles. The first-order valence-electron chi connectivity index (χ1n) is 9.37. The Kier molecular flexibility index (Phi) is 3.98. The van der Waals surface area contributed by atoms with Gasteiger partial charge in [0.2, 0.25) is 10.0 Å². The van der Waals surface area contributed by atoms with Gasteiger partial charge in [0.25, 0.3) is 0 Å². The molecule has 8 heteroatoms. The molecule has 1 saturated carbocycles. The Bertz CT molecular complexity index is 1090. The van der Waals surface area contributed by atoms with Gasteiger partial charge in [-0.3, -0.25) is 4.98 Å². The van der Waals surface area contributed by atoms with Gasteiger partial charge in [0, 0.05) is 36.6 Å². The molecule has 2 aliphatic rings. The Balaban J connectivity index is 1.44. The summed E-state index contributed by atoms with van der Waals surface area (Å²) in [7, 11) is -3.58. The molecule has 27 heavy (non-hydrogen) atoms. The van der Waals surface area contributed by atoms with Crippen LogP contribution >= 0.6 is 0 Å². The monoisotopic (exact) mass is 383 g/mol. The van der Waals surface area contributed by atoms with E-state index in [1.807, 2.05) is 24.3 Å². The van der Waals surface area contributed by atoms with Crippen molar-refractivity contribution in [3.8, 4) is 0 Å². The van der Waals surface area contributed by atoms with Crippen LogP contribution in [0, 0.1) is 0 Å². The van der Waals surface area contributed by atoms with Crippen LogP contribution in [0.15, 0.2) is 47.8 Å². The zero-order chi connectivity index (χ0) is 18.4. The molecule has 3 aromatic rings. The second-order valence-electron chi connectivity index (χ2n) is 7.39. The Morgan fingerprint density at radius 1 is 1.11 bits per heavy atom. The van der Waals surface area contributed by atoms with Crippen molar-refractivity contribution < 1.29 is 8.42 Å². The normalized spacial score (nSPS) is 21.6. The predicted molar refractivity (Wildman–Crippen MR) is 101 cm³/mol. The van der Waals surface area contributed by atoms with Gasteiger partial charge >= 0.3 is 0 Å². The largest absolute Gasteiger partial charge is 0.314 e. The minimum atomic E-state index is -3.58. The fourth-order valence-corrected chi connectivity index (χ4v) is 5.40. The van der Waals surface area contributed by atoms with Crippen molar-refractivity contribution in [3.05, 3.63) is 48.7 Å². The number of benzene rings is 1. The number of para-hydroxylation sites is 1. The summed E-state index contributed by atoms with van der Waals surface area (Å²) in [5.41, 5.74) is 0.797. The first-order valence-corrected chi connectivity index (χ1v) is 10.8. The highest BCUT2D eigenvalue weighted by Crippen LogP contribution is 2.38. The van der Waals surface area contributed by atoms with Crippen molar-refractivity contribution in [1.82, 2.24) is 24.1 Å². The molecule has 5 rings (SSSR count). The SMILES string of the molecule is O=S(=O)(c1cnc2ccccc2c1)N1CCCC(c2nncn2C2CC2)C1. The van der Waals surface area contributed by atoms with Gasteiger partial charge in [0.05, 0.1) is 5.52 Å². The summed E-state index contributed by atoms with van der Waals surface area (Å²) in [6, 6.07) is 9.77. The number of pyridine rings is 1. The molecule has 7 nitrogen and oxygen atoms in total. The average molecular weight is 383 g/mol. The van der Waals surface area contributed by atoms with Crippen LogP contribution in [0.25, 0.3) is 10.9 Å². The van der Waals surface area contributed by atoms with Crippen LogP contribution in [-0.2, 0) is 10.0 Å². The Hall–Kier alpha value is -2.32. The molecule has 1 saturated heterocycles. The maximum Gasteiger partial charge on any atom is 0.244 e. The van der Waals surface area contributed by atoms with Crippen LogP contribution < -0.4 is 0 Å². The molecule has 0 radical (unpaired) electrons. The van der Waals surface area contributed by atoms with E-state index in [2.05, 4.69) is 19.7 Å². The molecule has 1 unspecified atom stereocenters. The van der Waals surface area contributed by atoms with Gasteiger partial charge in [-0.15, -0.1) is 10.2 Å². The molecule has 3 heterocycles. The van der Waals surface area contributed by atoms with E-state index in [1.165, 1.54) is 6.20 Å². The molecule has 0 amide bonds. The van der Waals surface area contributed by atoms with E-state index >= 15 is 0 Å². The lowest BCUT2D eigenvalue weighted by molar-refractivity contribution is 0.304. The van der Waals surface area contributed by atoms with Crippen LogP contribution in [0.2, 0.25) is 0 Å². The molecule has 0 spiro atoms. The number of aromatic nitrogens is 4. The smallest absolute Gasteiger partial charge is 0.244 e. The van der Waals surface area contributed by atoms with Crippen molar-refractivity contribution >= 4 is 20.9 Å². The van der Waals surface area contributed by atoms with E-state index in [1.54, 1.807) is 16.7 Å². The summed E-state index contributed by atoms with van der Waals surface area (Å²) in [6.45, 7) is 0.976. The number of rotatable bonds is 4. The Morgan fingerprint density at radius 3 is 2.81 bits per heavy atom. The highest BCUT2D eigenvalue weighted by Gasteiger charge is 2.35. The molecular formula is C19H21N5O2S. The van der Waals surface area contributed by atoms with Gasteiger partial charge in [-0.2, -0.15) is 4.31 Å². The zero-order valence-corrected chi connectivity index (χ0v) is 15.7. The summed E-state index contributed by atoms with van der Waals surface area (Å²) >= 11 is 0. The summed E-state index contributed by atoms with van der Waals surface area (Å²) in [6.07, 6.45) is 7.32. The third kappa shape index (κ3) is 3.02. The minimum Gasteiger partial charge on any atom is -0.314 e. The van der Waals surface area contributed by atoms with Gasteiger partial charge in [-0.05, 0) is 37.8 Å². The summed E-state index contributed by atoms with van der Waals surface area (Å²) in [5, 5.41) is 9.22. The van der Waals surface area contributed by atoms with E-state index in [0.29, 0.717) is 19.1 Å². The molecule has 0 N–H and O–H groups in total. The number of fused-ring (bicyclic) bond motifs is 1. The summed E-state index contributed by atoms with van der Waals surface area (Å²) < 4.78 is 30.2. The van der Waals surface area contributed by atoms with Crippen LogP contribution in [-0.4, -0.2) is 45.6 Å². The summed E-state index contributed by atoms with van der Waals surface area (Å²) in [5.74, 6) is 1.01. The number of piperidine rings is 1. The third-order valence-electron chi connectivity index (χ3n) is 5.49. The van der Waals surface area contributed by atoms with E-state index in [9.17, 15) is 8.42 Å². The minimum absolute atomic E-state index is 0.0880. The van der Waals surface area contributed by atoms with Gasteiger partial charge in [-0.25, -0.2) is 8.42 Å². The second-order valence-corrected chi connectivity index (χ2v) is 9.33. The quantitative estimate of drug-likeness (QED) is 0.692. The van der Waals surface area contributed by atoms with Crippen molar-refractivity contribution in [2.45, 2.75) is 42.5 Å². The second kappa shape index (κ2) is 6.38. The van der Waals surface area contributed by atoms with Gasteiger partial charge in [-0.1, -0.05) is 18.2 Å². The number of nitrogens with zero attached hydrogens (tertiary/aromatic N) is 5. The number of hydrogen-bond acceptors (Lipinski definition) is 5. The van der Waals surface area contributed by atoms with E-state index < -0.39 is 10.0 Å². The lowest BCUT2D eigenvalue weighted by atomic mass is 9.99. The van der Waals surface area contributed by atoms with Gasteiger partial charge < -0.3 is 4.57 Å². The molecule has 1 atom stereocenters. The van der Waals surface area contributed by atoms with Crippen molar-refractivity contribution in [2.75, 3.05) is 13.1 Å². The molecule has 1 aliphatic heterocycles. The van der Waals surface area contributed by atoms with E-state index in [-0.39, 0.29) is 10.8 Å². The molecule has 140 valence electrons. The molecule has 0 bridgehead atoms. The Labute approximate surface area is 158 Å². The maximum absolute atomic E-state index is 13.2. The lowest BCUT2D eigenvalue weighted by Gasteiger charge is -2.31. The van der Waals surface area contributed by atoms with Crippen molar-refractivity contribution in [2.24, 2.45) is 0 Å². The molecule has 2 fully saturated rings. The third-order valence-corrected chi connectivity index (χ3v) is 7.32. The summed E-state index contributed by atoms with van der Waals surface area (Å²) in [4.78, 5) is 4.58. The van der Waals surface area contributed by atoms with Crippen LogP contribution in [0.4, 0.5) is 0 Å². The van der Waals surface area contributed by atoms with Crippen molar-refractivity contribution in [3.63, 3.8) is 0 Å². The average Bonchev–Trinajstić information content (AvgIpc) is 3.44. The maximum atomic E-state index is 13.2. The first kappa shape index (κ1) is 16.8. The predicted octanol–water partition coefficient (Wildman–Crippen LogP) is 2.73. The zero-order valence-electron chi connectivity index (χ0n) is 14.9. The van der Waals surface area contributed by atoms with Gasteiger partial charge in [0.15, 0.2) is 0 Å². The fraction of sp³-hybridized carbons (Fsp3) is 0.421. The number of hydrogen-bond donors (Lipinski definition) is 0. The van der Waals surface area contributed by atoms with Gasteiger partial charge in [0.1, 0.15) is 17.0 Å². The topological polar surface area (TPSA) is 81.0 Å². The van der Waals surface area contributed by atoms with Crippen LogP contribution in [0.3, 0.4) is 0 Å². The standard InChI is InChI=1S/C19H21N5O2S/c25-27(26,17-10-14-4-1-2-6-18(14)20-11-17)23-9-3-5-15(12-23)19-22-21-13-24(19)16-7-8-16/h1-2,4,6,10-11,13,15-16H,3,5,7-9,12H2. The highest BCUT2D eigenvalue weighted by molar-refractivity contribution is 7.89. The van der Waals surface area contributed by atoms with E-state index in [4.69, 9.17) is 0 Å². The number of sulfonamides is 1. The Morgan fingerprint density at radius 2 is 1.96 bits per heavy atom. The first-order chi connectivity index (χ1) is 13.1. The fourth-order valence-electron chi connectivity index (χ4n) is 3.89. The van der Waals surface area contributed by atoms with Crippen LogP contribution in [0.1, 0.15) is 43.5 Å². The molecule has 1 aliphatic carbocycles. The van der Waals surface area contributed by atoms with Crippen molar-refractivity contribution in [1.29, 1.82) is 0 Å².